The number of nitrogens with zero attached hydrogens (tertiary/aromatic N) is 4. The van der Waals surface area contributed by atoms with E-state index in [2.05, 4.69) is 21.0 Å². The van der Waals surface area contributed by atoms with Crippen molar-refractivity contribution in [1.82, 2.24) is 9.66 Å². The number of hydrogen-bond donors (Lipinski definition) is 0. The van der Waals surface area contributed by atoms with Crippen LogP contribution < -0.4 is 15.0 Å². The van der Waals surface area contributed by atoms with Crippen molar-refractivity contribution in [2.75, 3.05) is 6.61 Å². The molecule has 0 atom stereocenters. The van der Waals surface area contributed by atoms with Gasteiger partial charge < -0.3 is 13.9 Å². The van der Waals surface area contributed by atoms with E-state index in [4.69, 9.17) is 18.9 Å². The van der Waals surface area contributed by atoms with Crippen LogP contribution in [0.25, 0.3) is 33.5 Å². The van der Waals surface area contributed by atoms with Gasteiger partial charge in [-0.3, -0.25) is 14.9 Å². The van der Waals surface area contributed by atoms with Crippen molar-refractivity contribution in [3.05, 3.63) is 127 Å². The van der Waals surface area contributed by atoms with Gasteiger partial charge in [0, 0.05) is 22.0 Å². The van der Waals surface area contributed by atoms with E-state index in [1.54, 1.807) is 54.7 Å². The fourth-order valence-corrected chi connectivity index (χ4v) is 4.89. The molecule has 11 heteroatoms. The molecule has 2 heterocycles. The van der Waals surface area contributed by atoms with Gasteiger partial charge in [-0.2, -0.15) is 9.78 Å². The highest BCUT2D eigenvalue weighted by Gasteiger charge is 2.17. The normalized spacial score (nSPS) is 11.4. The summed E-state index contributed by atoms with van der Waals surface area (Å²) in [7, 11) is 0. The summed E-state index contributed by atoms with van der Waals surface area (Å²) in [4.78, 5) is 28.8. The highest BCUT2D eigenvalue weighted by molar-refractivity contribution is 9.10. The Bertz CT molecular complexity index is 2070. The van der Waals surface area contributed by atoms with Gasteiger partial charge >= 0.3 is 0 Å². The van der Waals surface area contributed by atoms with Crippen LogP contribution in [0.5, 0.6) is 11.5 Å². The first-order valence-corrected chi connectivity index (χ1v) is 14.1. The smallest absolute Gasteiger partial charge is 0.282 e. The van der Waals surface area contributed by atoms with E-state index >= 15 is 0 Å². The molecule has 0 aliphatic carbocycles. The molecule has 0 aliphatic heterocycles. The first-order valence-electron chi connectivity index (χ1n) is 13.3. The zero-order valence-electron chi connectivity index (χ0n) is 22.8. The summed E-state index contributed by atoms with van der Waals surface area (Å²) in [6.45, 7) is 2.45. The molecular formula is C32H23BrN4O6. The van der Waals surface area contributed by atoms with Gasteiger partial charge in [0.2, 0.25) is 5.82 Å². The summed E-state index contributed by atoms with van der Waals surface area (Å²) in [5.74, 6) is 1.65. The second-order valence-electron chi connectivity index (χ2n) is 9.46. The minimum absolute atomic E-state index is 0.0136. The Morgan fingerprint density at radius 2 is 1.81 bits per heavy atom. The number of benzene rings is 4. The van der Waals surface area contributed by atoms with Crippen molar-refractivity contribution in [1.29, 1.82) is 0 Å². The fourth-order valence-electron chi connectivity index (χ4n) is 4.51. The van der Waals surface area contributed by atoms with Crippen LogP contribution >= 0.6 is 15.9 Å². The highest BCUT2D eigenvalue weighted by Crippen LogP contribution is 2.31. The van der Waals surface area contributed by atoms with Crippen molar-refractivity contribution in [2.45, 2.75) is 13.5 Å². The molecule has 10 nitrogen and oxygen atoms in total. The van der Waals surface area contributed by atoms with Crippen LogP contribution in [0.1, 0.15) is 18.1 Å². The van der Waals surface area contributed by atoms with E-state index in [9.17, 15) is 14.9 Å². The first-order chi connectivity index (χ1) is 20.9. The summed E-state index contributed by atoms with van der Waals surface area (Å²) in [6, 6.07) is 26.0. The maximum absolute atomic E-state index is 13.6. The topological polar surface area (TPSA) is 122 Å². The van der Waals surface area contributed by atoms with Gasteiger partial charge in [-0.1, -0.05) is 28.1 Å². The lowest BCUT2D eigenvalue weighted by Crippen LogP contribution is -2.20. The molecule has 0 fully saturated rings. The van der Waals surface area contributed by atoms with E-state index in [0.717, 1.165) is 15.4 Å². The number of halogens is 1. The number of fused-ring (bicyclic) bond motifs is 2. The summed E-state index contributed by atoms with van der Waals surface area (Å²) < 4.78 is 20.0. The van der Waals surface area contributed by atoms with Crippen LogP contribution in [0.3, 0.4) is 0 Å². The van der Waals surface area contributed by atoms with E-state index in [1.165, 1.54) is 16.8 Å². The maximum Gasteiger partial charge on any atom is 0.282 e. The predicted molar refractivity (Wildman–Crippen MR) is 167 cm³/mol. The second-order valence-corrected chi connectivity index (χ2v) is 10.4. The predicted octanol–water partition coefficient (Wildman–Crippen LogP) is 7.34. The Kier molecular flexibility index (Phi) is 7.71. The molecule has 0 saturated heterocycles. The van der Waals surface area contributed by atoms with Crippen LogP contribution in [0.15, 0.2) is 110 Å². The van der Waals surface area contributed by atoms with Gasteiger partial charge in [0.05, 0.1) is 28.6 Å². The fraction of sp³-hybridized carbons (Fsp3) is 0.0938. The number of non-ortho nitro benzene ring substituents is 1. The Balaban J connectivity index is 1.34. The minimum Gasteiger partial charge on any atom is -0.490 e. The Morgan fingerprint density at radius 1 is 1.00 bits per heavy atom. The molecule has 0 amide bonds. The molecule has 0 aliphatic rings. The molecule has 43 heavy (non-hydrogen) atoms. The zero-order valence-corrected chi connectivity index (χ0v) is 24.4. The molecule has 0 spiro atoms. The number of para-hydroxylation sites is 1. The van der Waals surface area contributed by atoms with E-state index in [1.807, 2.05) is 37.3 Å². The van der Waals surface area contributed by atoms with Crippen molar-refractivity contribution in [3.8, 4) is 23.1 Å². The molecular weight excluding hydrogens is 616 g/mol. The van der Waals surface area contributed by atoms with Crippen LogP contribution in [-0.4, -0.2) is 27.4 Å². The van der Waals surface area contributed by atoms with E-state index < -0.39 is 4.92 Å². The number of rotatable bonds is 9. The molecule has 0 bridgehead atoms. The largest absolute Gasteiger partial charge is 0.490 e. The molecule has 214 valence electrons. The van der Waals surface area contributed by atoms with Crippen molar-refractivity contribution in [3.63, 3.8) is 0 Å². The number of aromatic nitrogens is 2. The molecule has 6 aromatic rings. The third-order valence-corrected chi connectivity index (χ3v) is 7.08. The van der Waals surface area contributed by atoms with Crippen LogP contribution in [0.2, 0.25) is 0 Å². The van der Waals surface area contributed by atoms with Gasteiger partial charge in [0.25, 0.3) is 11.2 Å². The zero-order chi connectivity index (χ0) is 29.9. The van der Waals surface area contributed by atoms with E-state index in [-0.39, 0.29) is 23.7 Å². The Morgan fingerprint density at radius 3 is 2.60 bits per heavy atom. The number of hydrogen-bond acceptors (Lipinski definition) is 8. The van der Waals surface area contributed by atoms with Crippen molar-refractivity contribution in [2.24, 2.45) is 5.10 Å². The number of nitro groups is 1. The average Bonchev–Trinajstić information content (AvgIpc) is 3.43. The number of ether oxygens (including phenoxy) is 2. The van der Waals surface area contributed by atoms with Gasteiger partial charge in [-0.25, -0.2) is 4.98 Å². The summed E-state index contributed by atoms with van der Waals surface area (Å²) in [5.41, 5.74) is 2.29. The molecule has 0 unspecified atom stereocenters. The minimum atomic E-state index is -0.445. The molecule has 4 aromatic carbocycles. The Labute approximate surface area is 253 Å². The average molecular weight is 639 g/mol. The first kappa shape index (κ1) is 27.9. The highest BCUT2D eigenvalue weighted by atomic mass is 79.9. The summed E-state index contributed by atoms with van der Waals surface area (Å²) in [6.07, 6.45) is 1.54. The van der Waals surface area contributed by atoms with Gasteiger partial charge in [-0.05, 0) is 84.8 Å². The monoisotopic (exact) mass is 638 g/mol. The lowest BCUT2D eigenvalue weighted by atomic mass is 10.2. The second kappa shape index (κ2) is 11.9. The van der Waals surface area contributed by atoms with E-state index in [0.29, 0.717) is 45.9 Å². The van der Waals surface area contributed by atoms with Gasteiger partial charge in [0.1, 0.15) is 12.2 Å². The summed E-state index contributed by atoms with van der Waals surface area (Å²) >= 11 is 3.48. The van der Waals surface area contributed by atoms with Crippen LogP contribution in [0, 0.1) is 10.1 Å². The van der Waals surface area contributed by atoms with Crippen molar-refractivity contribution < 1.29 is 18.8 Å². The SMILES string of the molecule is CCOc1cc(C=Nn2c(-c3cc4cc(Br)ccc4o3)nc3ccccc3c2=O)ccc1OCc1ccc([N+](=O)[O-])cc1. The maximum atomic E-state index is 13.6. The lowest BCUT2D eigenvalue weighted by Gasteiger charge is -2.13. The third-order valence-electron chi connectivity index (χ3n) is 6.58. The number of nitro benzene ring substituents is 1. The Hall–Kier alpha value is -5.29. The summed E-state index contributed by atoms with van der Waals surface area (Å²) in [5, 5.41) is 16.7. The molecule has 0 saturated carbocycles. The standard InChI is InChI=1S/C32H23BrN4O6/c1-2-41-29-15-21(9-13-28(29)42-19-20-7-11-24(12-8-20)37(39)40)18-34-36-31(35-26-6-4-3-5-25(26)32(36)38)30-17-22-16-23(33)10-14-27(22)43-30/h3-18H,2,19H2,1H3. The van der Waals surface area contributed by atoms with Crippen LogP contribution in [-0.2, 0) is 6.61 Å². The lowest BCUT2D eigenvalue weighted by molar-refractivity contribution is -0.384. The molecule has 2 aromatic heterocycles. The molecule has 6 rings (SSSR count). The third kappa shape index (κ3) is 5.88. The van der Waals surface area contributed by atoms with Gasteiger partial charge in [0.15, 0.2) is 17.3 Å². The number of furan rings is 1. The van der Waals surface area contributed by atoms with Gasteiger partial charge in [-0.15, -0.1) is 0 Å². The van der Waals surface area contributed by atoms with Crippen molar-refractivity contribution >= 4 is 49.7 Å². The molecule has 0 N–H and O–H groups in total. The quantitative estimate of drug-likeness (QED) is 0.0922. The van der Waals surface area contributed by atoms with Crippen LogP contribution in [0.4, 0.5) is 5.69 Å². The molecule has 0 radical (unpaired) electrons.